The molecule has 1 N–H and O–H groups in total. The molecule has 3 rings (SSSR count). The van der Waals surface area contributed by atoms with Gasteiger partial charge >= 0.3 is 0 Å². The maximum absolute atomic E-state index is 12.2. The van der Waals surface area contributed by atoms with E-state index in [9.17, 15) is 13.5 Å². The van der Waals surface area contributed by atoms with Gasteiger partial charge in [-0.05, 0) is 62.6 Å². The van der Waals surface area contributed by atoms with Crippen LogP contribution < -0.4 is 4.74 Å². The summed E-state index contributed by atoms with van der Waals surface area (Å²) >= 11 is 12.8. The van der Waals surface area contributed by atoms with Gasteiger partial charge in [0.05, 0.1) is 22.8 Å². The molecular formula is C27H30Cl2N2O4S. The fourth-order valence-electron chi connectivity index (χ4n) is 3.67. The fraction of sp³-hybridized carbons (Fsp3) is 0.296. The Bertz CT molecular complexity index is 1430. The van der Waals surface area contributed by atoms with Gasteiger partial charge < -0.3 is 9.84 Å². The number of benzene rings is 2. The van der Waals surface area contributed by atoms with E-state index >= 15 is 0 Å². The molecule has 36 heavy (non-hydrogen) atoms. The number of nitrogens with zero attached hydrogens (tertiary/aromatic N) is 2. The first kappa shape index (κ1) is 28.0. The monoisotopic (exact) mass is 548 g/mol. The number of aliphatic hydroxyl groups is 1. The average molecular weight is 550 g/mol. The molecule has 9 heteroatoms. The van der Waals surface area contributed by atoms with Gasteiger partial charge in [-0.1, -0.05) is 54.4 Å². The fourth-order valence-corrected chi connectivity index (χ4v) is 4.93. The third-order valence-corrected chi connectivity index (χ3v) is 7.70. The van der Waals surface area contributed by atoms with E-state index in [1.54, 1.807) is 44.3 Å². The van der Waals surface area contributed by atoms with E-state index in [-0.39, 0.29) is 10.8 Å². The number of aromatic nitrogens is 2. The SMILES string of the molecule is C/C=C(\C=C/C(C)c1ccc(OC)c(S(C)(=O)=O)c1)n1cc(C(C)(C)O)nc1-c1cccc(Cl)c1Cl. The van der Waals surface area contributed by atoms with Crippen molar-refractivity contribution < 1.29 is 18.3 Å². The molecule has 192 valence electrons. The first-order valence-electron chi connectivity index (χ1n) is 11.3. The minimum absolute atomic E-state index is 0.109. The van der Waals surface area contributed by atoms with Crippen molar-refractivity contribution in [2.45, 2.75) is 44.1 Å². The van der Waals surface area contributed by atoms with Crippen molar-refractivity contribution in [2.24, 2.45) is 0 Å². The number of imidazole rings is 1. The topological polar surface area (TPSA) is 81.4 Å². The molecule has 0 radical (unpaired) electrons. The molecule has 0 aliphatic heterocycles. The Morgan fingerprint density at radius 2 is 1.92 bits per heavy atom. The molecule has 0 amide bonds. The molecule has 0 bridgehead atoms. The Kier molecular flexibility index (Phi) is 8.41. The highest BCUT2D eigenvalue weighted by atomic mass is 35.5. The van der Waals surface area contributed by atoms with Crippen LogP contribution in [0.2, 0.25) is 10.0 Å². The number of allylic oxidation sites excluding steroid dienone is 4. The van der Waals surface area contributed by atoms with E-state index in [1.165, 1.54) is 7.11 Å². The molecule has 1 heterocycles. The van der Waals surface area contributed by atoms with Gasteiger partial charge in [0.25, 0.3) is 0 Å². The first-order chi connectivity index (χ1) is 16.8. The Labute approximate surface area is 222 Å². The maximum Gasteiger partial charge on any atom is 0.179 e. The van der Waals surface area contributed by atoms with Crippen LogP contribution in [-0.4, -0.2) is 36.4 Å². The van der Waals surface area contributed by atoms with Crippen LogP contribution in [0, 0.1) is 0 Å². The maximum atomic E-state index is 12.2. The quantitative estimate of drug-likeness (QED) is 0.316. The lowest BCUT2D eigenvalue weighted by atomic mass is 10.00. The molecule has 0 aliphatic rings. The Hall–Kier alpha value is -2.58. The zero-order chi connectivity index (χ0) is 26.8. The van der Waals surface area contributed by atoms with Gasteiger partial charge in [-0.2, -0.15) is 0 Å². The molecule has 0 aliphatic carbocycles. The molecule has 6 nitrogen and oxygen atoms in total. The van der Waals surface area contributed by atoms with Crippen molar-refractivity contribution in [2.75, 3.05) is 13.4 Å². The van der Waals surface area contributed by atoms with E-state index in [4.69, 9.17) is 27.9 Å². The summed E-state index contributed by atoms with van der Waals surface area (Å²) in [7, 11) is -2.01. The average Bonchev–Trinajstić information content (AvgIpc) is 3.26. The number of halogens is 2. The van der Waals surface area contributed by atoms with Crippen LogP contribution >= 0.6 is 23.2 Å². The highest BCUT2D eigenvalue weighted by Crippen LogP contribution is 2.36. The molecule has 3 aromatic rings. The predicted molar refractivity (Wildman–Crippen MR) is 147 cm³/mol. The molecule has 0 spiro atoms. The number of rotatable bonds is 8. The van der Waals surface area contributed by atoms with Gasteiger partial charge in [-0.15, -0.1) is 0 Å². The predicted octanol–water partition coefficient (Wildman–Crippen LogP) is 6.72. The Morgan fingerprint density at radius 1 is 1.22 bits per heavy atom. The summed E-state index contributed by atoms with van der Waals surface area (Å²) in [4.78, 5) is 4.83. The van der Waals surface area contributed by atoms with E-state index in [0.29, 0.717) is 32.9 Å². The number of hydrogen-bond donors (Lipinski definition) is 1. The van der Waals surface area contributed by atoms with Crippen LogP contribution in [-0.2, 0) is 15.4 Å². The highest BCUT2D eigenvalue weighted by molar-refractivity contribution is 7.90. The van der Waals surface area contributed by atoms with Crippen molar-refractivity contribution in [3.05, 3.63) is 82.1 Å². The molecule has 1 aromatic heterocycles. The second-order valence-corrected chi connectivity index (χ2v) is 11.8. The second-order valence-electron chi connectivity index (χ2n) is 9.02. The minimum Gasteiger partial charge on any atom is -0.495 e. The molecule has 0 saturated heterocycles. The summed E-state index contributed by atoms with van der Waals surface area (Å²) in [6, 6.07) is 10.5. The van der Waals surface area contributed by atoms with Crippen LogP contribution in [0.15, 0.2) is 65.7 Å². The van der Waals surface area contributed by atoms with Crippen molar-refractivity contribution in [3.63, 3.8) is 0 Å². The summed E-state index contributed by atoms with van der Waals surface area (Å²) in [5.74, 6) is 0.739. The third-order valence-electron chi connectivity index (χ3n) is 5.77. The molecule has 0 fully saturated rings. The largest absolute Gasteiger partial charge is 0.495 e. The van der Waals surface area contributed by atoms with Gasteiger partial charge in [-0.3, -0.25) is 4.57 Å². The van der Waals surface area contributed by atoms with Gasteiger partial charge in [0.2, 0.25) is 0 Å². The van der Waals surface area contributed by atoms with Crippen molar-refractivity contribution in [1.82, 2.24) is 9.55 Å². The molecule has 1 unspecified atom stereocenters. The number of ether oxygens (including phenoxy) is 1. The van der Waals surface area contributed by atoms with E-state index in [1.807, 2.05) is 48.8 Å². The highest BCUT2D eigenvalue weighted by Gasteiger charge is 2.24. The lowest BCUT2D eigenvalue weighted by Gasteiger charge is -2.14. The Morgan fingerprint density at radius 3 is 2.50 bits per heavy atom. The van der Waals surface area contributed by atoms with Crippen molar-refractivity contribution >= 4 is 38.7 Å². The zero-order valence-corrected chi connectivity index (χ0v) is 23.4. The van der Waals surface area contributed by atoms with Crippen LogP contribution in [0.4, 0.5) is 0 Å². The van der Waals surface area contributed by atoms with E-state index in [2.05, 4.69) is 4.98 Å². The number of hydrogen-bond acceptors (Lipinski definition) is 5. The normalized spacial score (nSPS) is 13.9. The van der Waals surface area contributed by atoms with Crippen LogP contribution in [0.5, 0.6) is 5.75 Å². The van der Waals surface area contributed by atoms with E-state index in [0.717, 1.165) is 17.5 Å². The summed E-state index contributed by atoms with van der Waals surface area (Å²) in [6.45, 7) is 7.20. The van der Waals surface area contributed by atoms with Crippen LogP contribution in [0.25, 0.3) is 17.1 Å². The number of sulfone groups is 1. The molecular weight excluding hydrogens is 519 g/mol. The summed E-state index contributed by atoms with van der Waals surface area (Å²) < 4.78 is 31.5. The number of methoxy groups -OCH3 is 1. The summed E-state index contributed by atoms with van der Waals surface area (Å²) in [5.41, 5.74) is 1.54. The van der Waals surface area contributed by atoms with E-state index < -0.39 is 15.4 Å². The molecule has 2 aromatic carbocycles. The van der Waals surface area contributed by atoms with Crippen molar-refractivity contribution in [3.8, 4) is 17.1 Å². The summed E-state index contributed by atoms with van der Waals surface area (Å²) in [5, 5.41) is 11.4. The van der Waals surface area contributed by atoms with Crippen molar-refractivity contribution in [1.29, 1.82) is 0 Å². The van der Waals surface area contributed by atoms with Crippen LogP contribution in [0.1, 0.15) is 44.9 Å². The zero-order valence-electron chi connectivity index (χ0n) is 21.1. The molecule has 0 saturated carbocycles. The third kappa shape index (κ3) is 6.03. The van der Waals surface area contributed by atoms with Gasteiger partial charge in [-0.25, -0.2) is 13.4 Å². The van der Waals surface area contributed by atoms with Crippen LogP contribution in [0.3, 0.4) is 0 Å². The minimum atomic E-state index is -3.46. The lowest BCUT2D eigenvalue weighted by molar-refractivity contribution is 0.0743. The molecule has 1 atom stereocenters. The summed E-state index contributed by atoms with van der Waals surface area (Å²) in [6.07, 6.45) is 8.74. The standard InChI is InChI=1S/C27H30Cl2N2O4S/c1-7-19(13-11-17(2)18-12-14-22(35-5)23(15-18)36(6,33)34)31-16-24(27(3,4)32)30-26(31)20-9-8-10-21(28)25(20)29/h7-17,32H,1-6H3/b13-11-,19-7+. The Balaban J connectivity index is 2.06. The second kappa shape index (κ2) is 10.8. The lowest BCUT2D eigenvalue weighted by Crippen LogP contribution is -2.15. The smallest absolute Gasteiger partial charge is 0.179 e. The first-order valence-corrected chi connectivity index (χ1v) is 13.9. The van der Waals surface area contributed by atoms with Gasteiger partial charge in [0.15, 0.2) is 9.84 Å². The van der Waals surface area contributed by atoms with Gasteiger partial charge in [0, 0.05) is 23.7 Å². The van der Waals surface area contributed by atoms with Gasteiger partial charge in [0.1, 0.15) is 22.1 Å².